The summed E-state index contributed by atoms with van der Waals surface area (Å²) in [4.78, 5) is 37.8. The first-order chi connectivity index (χ1) is 17.0. The van der Waals surface area contributed by atoms with Crippen LogP contribution in [0.1, 0.15) is 68.4 Å². The Morgan fingerprint density at radius 2 is 1.51 bits per heavy atom. The monoisotopic (exact) mass is 476 g/mol. The molecule has 184 valence electrons. The molecular weight excluding hydrogens is 444 g/mol. The zero-order valence-electron chi connectivity index (χ0n) is 19.8. The molecule has 2 atom stereocenters. The summed E-state index contributed by atoms with van der Waals surface area (Å²) in [6.45, 7) is 0.182. The van der Waals surface area contributed by atoms with Gasteiger partial charge in [0.25, 0.3) is 0 Å². The largest absolute Gasteiger partial charge is 0.481 e. The van der Waals surface area contributed by atoms with E-state index >= 15 is 0 Å². The number of rotatable bonds is 6. The molecule has 0 aromatic heterocycles. The molecule has 7 nitrogen and oxygen atoms in total. The van der Waals surface area contributed by atoms with Crippen molar-refractivity contribution in [1.29, 1.82) is 0 Å². The molecule has 0 aliphatic heterocycles. The van der Waals surface area contributed by atoms with E-state index in [1.807, 2.05) is 24.3 Å². The normalized spacial score (nSPS) is 22.6. The number of amides is 2. The van der Waals surface area contributed by atoms with Gasteiger partial charge in [0, 0.05) is 12.0 Å². The molecule has 2 aromatic carbocycles. The third-order valence-corrected chi connectivity index (χ3v) is 7.98. The molecule has 2 saturated carbocycles. The molecule has 2 amide bonds. The maximum Gasteiger partial charge on any atom is 0.408 e. The first kappa shape index (κ1) is 23.4. The van der Waals surface area contributed by atoms with Crippen molar-refractivity contribution in [2.75, 3.05) is 6.61 Å². The molecule has 35 heavy (non-hydrogen) atoms. The fraction of sp³-hybridized carbons (Fsp3) is 0.464. The van der Waals surface area contributed by atoms with E-state index < -0.39 is 29.6 Å². The average Bonchev–Trinajstić information content (AvgIpc) is 2.96. The van der Waals surface area contributed by atoms with Gasteiger partial charge in [-0.25, -0.2) is 4.79 Å². The first-order valence-electron chi connectivity index (χ1n) is 12.7. The predicted octanol–water partition coefficient (Wildman–Crippen LogP) is 4.60. The van der Waals surface area contributed by atoms with Crippen LogP contribution in [0.15, 0.2) is 48.5 Å². The van der Waals surface area contributed by atoms with Gasteiger partial charge in [0.15, 0.2) is 0 Å². The number of alkyl carbamates (subject to hydrolysis) is 1. The highest BCUT2D eigenvalue weighted by Crippen LogP contribution is 2.44. The van der Waals surface area contributed by atoms with E-state index in [0.717, 1.165) is 47.9 Å². The minimum Gasteiger partial charge on any atom is -0.481 e. The minimum absolute atomic E-state index is 0.0540. The average molecular weight is 477 g/mol. The van der Waals surface area contributed by atoms with Crippen molar-refractivity contribution in [3.05, 3.63) is 59.7 Å². The van der Waals surface area contributed by atoms with Gasteiger partial charge >= 0.3 is 12.1 Å². The molecule has 0 heterocycles. The molecule has 0 bridgehead atoms. The summed E-state index contributed by atoms with van der Waals surface area (Å²) in [5.74, 6) is -1.81. The highest BCUT2D eigenvalue weighted by atomic mass is 16.5. The second-order valence-corrected chi connectivity index (χ2v) is 10.0. The smallest absolute Gasteiger partial charge is 0.408 e. The van der Waals surface area contributed by atoms with Crippen molar-refractivity contribution in [3.8, 4) is 11.1 Å². The lowest BCUT2D eigenvalue weighted by molar-refractivity contribution is -0.143. The summed E-state index contributed by atoms with van der Waals surface area (Å²) in [6, 6.07) is 15.9. The zero-order valence-corrected chi connectivity index (χ0v) is 19.8. The number of carboxylic acid groups (broad SMARTS) is 1. The van der Waals surface area contributed by atoms with Crippen molar-refractivity contribution in [3.63, 3.8) is 0 Å². The lowest BCUT2D eigenvalue weighted by Gasteiger charge is -2.41. The van der Waals surface area contributed by atoms with Crippen LogP contribution in [-0.4, -0.2) is 41.3 Å². The minimum atomic E-state index is -1.03. The van der Waals surface area contributed by atoms with E-state index in [-0.39, 0.29) is 18.4 Å². The highest BCUT2D eigenvalue weighted by molar-refractivity contribution is 5.91. The van der Waals surface area contributed by atoms with Crippen LogP contribution in [0.2, 0.25) is 0 Å². The number of carbonyl (C=O) groups is 3. The summed E-state index contributed by atoms with van der Waals surface area (Å²) >= 11 is 0. The van der Waals surface area contributed by atoms with Crippen LogP contribution in [0.5, 0.6) is 0 Å². The Morgan fingerprint density at radius 1 is 0.886 bits per heavy atom. The molecule has 7 heteroatoms. The molecule has 0 radical (unpaired) electrons. The van der Waals surface area contributed by atoms with Gasteiger partial charge in [-0.05, 0) is 54.4 Å². The number of ether oxygens (including phenoxy) is 1. The van der Waals surface area contributed by atoms with Crippen LogP contribution in [0, 0.1) is 5.92 Å². The number of carboxylic acids is 1. The Kier molecular flexibility index (Phi) is 6.50. The van der Waals surface area contributed by atoms with Gasteiger partial charge in [-0.3, -0.25) is 9.59 Å². The fourth-order valence-corrected chi connectivity index (χ4v) is 5.85. The van der Waals surface area contributed by atoms with Crippen LogP contribution in [0.3, 0.4) is 0 Å². The van der Waals surface area contributed by atoms with Crippen molar-refractivity contribution >= 4 is 18.0 Å². The zero-order chi connectivity index (χ0) is 24.4. The lowest BCUT2D eigenvalue weighted by atomic mass is 9.75. The molecule has 3 N–H and O–H groups in total. The number of fused-ring (bicyclic) bond motifs is 3. The number of nitrogens with one attached hydrogen (secondary N) is 2. The molecule has 0 saturated heterocycles. The number of carbonyl (C=O) groups excluding carboxylic acids is 2. The van der Waals surface area contributed by atoms with Gasteiger partial charge in [0.2, 0.25) is 5.91 Å². The van der Waals surface area contributed by atoms with Crippen LogP contribution >= 0.6 is 0 Å². The SMILES string of the molecule is O=C(NC1(C(=O)N[C@@H]2CCCCC[C@@H]2C(=O)O)CCC1)OCC1c2ccccc2-c2ccccc21. The third-order valence-electron chi connectivity index (χ3n) is 7.98. The van der Waals surface area contributed by atoms with Crippen LogP contribution in [0.25, 0.3) is 11.1 Å². The topological polar surface area (TPSA) is 105 Å². The van der Waals surface area contributed by atoms with Gasteiger partial charge in [-0.15, -0.1) is 0 Å². The van der Waals surface area contributed by atoms with Gasteiger partial charge in [-0.1, -0.05) is 67.8 Å². The summed E-state index contributed by atoms with van der Waals surface area (Å²) in [7, 11) is 0. The van der Waals surface area contributed by atoms with Gasteiger partial charge < -0.3 is 20.5 Å². The summed E-state index contributed by atoms with van der Waals surface area (Å²) in [6.07, 6.45) is 5.17. The first-order valence-corrected chi connectivity index (χ1v) is 12.7. The van der Waals surface area contributed by atoms with E-state index in [2.05, 4.69) is 34.9 Å². The van der Waals surface area contributed by atoms with Crippen LogP contribution in [0.4, 0.5) is 4.79 Å². The van der Waals surface area contributed by atoms with E-state index in [1.165, 1.54) is 0 Å². The molecular formula is C28H32N2O5. The highest BCUT2D eigenvalue weighted by Gasteiger charge is 2.47. The van der Waals surface area contributed by atoms with E-state index in [0.29, 0.717) is 25.7 Å². The van der Waals surface area contributed by atoms with Crippen molar-refractivity contribution < 1.29 is 24.2 Å². The molecule has 5 rings (SSSR count). The predicted molar refractivity (Wildman–Crippen MR) is 131 cm³/mol. The standard InChI is InChI=1S/C28H32N2O5/c31-25(32)22-13-2-1-3-14-24(22)29-26(33)28(15-8-16-28)30-27(34)35-17-23-20-11-6-4-9-18(20)19-10-5-7-12-21(19)23/h4-7,9-12,22-24H,1-3,8,13-17H2,(H,29,33)(H,30,34)(H,31,32)/t22-,24+/m0/s1. The maximum atomic E-state index is 13.2. The van der Waals surface area contributed by atoms with Crippen molar-refractivity contribution in [1.82, 2.24) is 10.6 Å². The second-order valence-electron chi connectivity index (χ2n) is 10.0. The Morgan fingerprint density at radius 3 is 2.11 bits per heavy atom. The van der Waals surface area contributed by atoms with Gasteiger partial charge in [-0.2, -0.15) is 0 Å². The summed E-state index contributed by atoms with van der Waals surface area (Å²) < 4.78 is 5.67. The molecule has 0 unspecified atom stereocenters. The Labute approximate surface area is 205 Å². The number of hydrogen-bond donors (Lipinski definition) is 3. The fourth-order valence-electron chi connectivity index (χ4n) is 5.85. The maximum absolute atomic E-state index is 13.2. The van der Waals surface area contributed by atoms with Gasteiger partial charge in [0.05, 0.1) is 5.92 Å². The van der Waals surface area contributed by atoms with Gasteiger partial charge in [0.1, 0.15) is 12.1 Å². The van der Waals surface area contributed by atoms with Crippen LogP contribution in [-0.2, 0) is 14.3 Å². The Bertz CT molecular complexity index is 1080. The Hall–Kier alpha value is -3.35. The molecule has 2 fully saturated rings. The van der Waals surface area contributed by atoms with Crippen LogP contribution < -0.4 is 10.6 Å². The van der Waals surface area contributed by atoms with Crippen molar-refractivity contribution in [2.45, 2.75) is 68.9 Å². The molecule has 3 aliphatic rings. The van der Waals surface area contributed by atoms with E-state index in [1.54, 1.807) is 0 Å². The van der Waals surface area contributed by atoms with E-state index in [4.69, 9.17) is 4.74 Å². The summed E-state index contributed by atoms with van der Waals surface area (Å²) in [5, 5.41) is 15.4. The summed E-state index contributed by atoms with van der Waals surface area (Å²) in [5.41, 5.74) is 3.54. The number of hydrogen-bond acceptors (Lipinski definition) is 4. The quantitative estimate of drug-likeness (QED) is 0.529. The number of aliphatic carboxylic acids is 1. The third kappa shape index (κ3) is 4.51. The molecule has 0 spiro atoms. The number of benzene rings is 2. The van der Waals surface area contributed by atoms with E-state index in [9.17, 15) is 19.5 Å². The lowest BCUT2D eigenvalue weighted by Crippen LogP contribution is -2.64. The molecule has 3 aliphatic carbocycles. The van der Waals surface area contributed by atoms with Crippen molar-refractivity contribution in [2.24, 2.45) is 5.92 Å². The second kappa shape index (κ2) is 9.72. The Balaban J connectivity index is 1.24. The molecule has 2 aromatic rings.